The largest absolute Gasteiger partial charge is 0.284 e. The summed E-state index contributed by atoms with van der Waals surface area (Å²) in [7, 11) is -3.95. The minimum Gasteiger partial charge on any atom is -0.284 e. The molecule has 0 spiro atoms. The summed E-state index contributed by atoms with van der Waals surface area (Å²) in [4.78, 5) is 12.2. The monoisotopic (exact) mass is 377 g/mol. The number of aromatic nitrogens is 2. The van der Waals surface area contributed by atoms with Gasteiger partial charge in [0.25, 0.3) is 5.56 Å². The number of sulfonamides is 1. The molecule has 0 aliphatic heterocycles. The fourth-order valence-electron chi connectivity index (χ4n) is 3.08. The summed E-state index contributed by atoms with van der Waals surface area (Å²) in [5, 5.41) is 8.92. The second-order valence-electron chi connectivity index (χ2n) is 6.38. The van der Waals surface area contributed by atoms with Crippen LogP contribution in [0.5, 0.6) is 0 Å². The SMILES string of the molecule is NS(=O)(=O)c1cccc(Cl)c1-c1ccc2c(c1)c(=O)[nH]n2CC1CC1. The van der Waals surface area contributed by atoms with Crippen molar-refractivity contribution in [2.24, 2.45) is 11.1 Å². The molecule has 130 valence electrons. The zero-order valence-electron chi connectivity index (χ0n) is 13.2. The fraction of sp³-hybridized carbons (Fsp3) is 0.235. The average Bonchev–Trinajstić information content (AvgIpc) is 3.31. The van der Waals surface area contributed by atoms with Crippen molar-refractivity contribution in [1.82, 2.24) is 9.78 Å². The highest BCUT2D eigenvalue weighted by Gasteiger charge is 2.23. The first-order valence-electron chi connectivity index (χ1n) is 7.89. The van der Waals surface area contributed by atoms with E-state index in [1.807, 2.05) is 4.68 Å². The maximum absolute atomic E-state index is 12.3. The van der Waals surface area contributed by atoms with Crippen molar-refractivity contribution in [1.29, 1.82) is 0 Å². The van der Waals surface area contributed by atoms with Gasteiger partial charge in [-0.05, 0) is 48.6 Å². The Kier molecular flexibility index (Phi) is 3.75. The van der Waals surface area contributed by atoms with E-state index < -0.39 is 10.0 Å². The summed E-state index contributed by atoms with van der Waals surface area (Å²) in [5.74, 6) is 0.614. The summed E-state index contributed by atoms with van der Waals surface area (Å²) in [6.07, 6.45) is 2.36. The molecule has 25 heavy (non-hydrogen) atoms. The third kappa shape index (κ3) is 2.99. The molecule has 4 rings (SSSR count). The maximum atomic E-state index is 12.3. The first-order valence-corrected chi connectivity index (χ1v) is 9.81. The second-order valence-corrected chi connectivity index (χ2v) is 8.32. The van der Waals surface area contributed by atoms with Crippen LogP contribution in [0.25, 0.3) is 22.0 Å². The predicted molar refractivity (Wildman–Crippen MR) is 97.1 cm³/mol. The number of nitrogens with two attached hydrogens (primary N) is 1. The molecule has 0 amide bonds. The van der Waals surface area contributed by atoms with Crippen molar-refractivity contribution in [2.75, 3.05) is 0 Å². The number of H-pyrrole nitrogens is 1. The molecular formula is C17H16ClN3O3S. The van der Waals surface area contributed by atoms with Crippen LogP contribution >= 0.6 is 11.6 Å². The van der Waals surface area contributed by atoms with Crippen LogP contribution in [0.15, 0.2) is 46.1 Å². The number of benzene rings is 2. The van der Waals surface area contributed by atoms with Gasteiger partial charge in [-0.25, -0.2) is 13.6 Å². The second kappa shape index (κ2) is 5.72. The molecule has 1 aliphatic carbocycles. The van der Waals surface area contributed by atoms with E-state index in [1.54, 1.807) is 24.3 Å². The van der Waals surface area contributed by atoms with Crippen LogP contribution in [-0.2, 0) is 16.6 Å². The van der Waals surface area contributed by atoms with E-state index in [-0.39, 0.29) is 15.5 Å². The number of nitrogens with one attached hydrogen (secondary N) is 1. The smallest absolute Gasteiger partial charge is 0.271 e. The number of hydrogen-bond acceptors (Lipinski definition) is 3. The van der Waals surface area contributed by atoms with E-state index in [0.717, 1.165) is 12.1 Å². The Hall–Kier alpha value is -2.09. The lowest BCUT2D eigenvalue weighted by Gasteiger charge is -2.10. The predicted octanol–water partition coefficient (Wildman–Crippen LogP) is 2.71. The van der Waals surface area contributed by atoms with Crippen molar-refractivity contribution in [3.05, 3.63) is 51.8 Å². The first-order chi connectivity index (χ1) is 11.8. The summed E-state index contributed by atoms with van der Waals surface area (Å²) in [5.41, 5.74) is 1.44. The summed E-state index contributed by atoms with van der Waals surface area (Å²) in [6.45, 7) is 0.784. The van der Waals surface area contributed by atoms with Crippen molar-refractivity contribution in [3.8, 4) is 11.1 Å². The molecule has 8 heteroatoms. The highest BCUT2D eigenvalue weighted by atomic mass is 35.5. The zero-order chi connectivity index (χ0) is 17.8. The number of aromatic amines is 1. The van der Waals surface area contributed by atoms with Gasteiger partial charge in [-0.15, -0.1) is 0 Å². The third-order valence-corrected chi connectivity index (χ3v) is 5.74. The lowest BCUT2D eigenvalue weighted by atomic mass is 10.0. The highest BCUT2D eigenvalue weighted by molar-refractivity contribution is 7.89. The highest BCUT2D eigenvalue weighted by Crippen LogP contribution is 2.35. The van der Waals surface area contributed by atoms with E-state index >= 15 is 0 Å². The number of fused-ring (bicyclic) bond motifs is 1. The minimum absolute atomic E-state index is 0.0619. The van der Waals surface area contributed by atoms with Crippen LogP contribution in [0.3, 0.4) is 0 Å². The Balaban J connectivity index is 1.92. The maximum Gasteiger partial charge on any atom is 0.271 e. The van der Waals surface area contributed by atoms with Crippen LogP contribution in [0.4, 0.5) is 0 Å². The molecule has 0 saturated heterocycles. The van der Waals surface area contributed by atoms with Gasteiger partial charge >= 0.3 is 0 Å². The van der Waals surface area contributed by atoms with Gasteiger partial charge in [0.2, 0.25) is 10.0 Å². The lowest BCUT2D eigenvalue weighted by Crippen LogP contribution is -2.13. The number of halogens is 1. The normalized spacial score (nSPS) is 15.0. The molecule has 1 aromatic heterocycles. The van der Waals surface area contributed by atoms with Gasteiger partial charge in [-0.1, -0.05) is 23.7 Å². The van der Waals surface area contributed by atoms with Crippen molar-refractivity contribution < 1.29 is 8.42 Å². The molecule has 2 aromatic carbocycles. The first kappa shape index (κ1) is 16.4. The van der Waals surface area contributed by atoms with Crippen molar-refractivity contribution >= 4 is 32.5 Å². The van der Waals surface area contributed by atoms with Crippen LogP contribution in [0, 0.1) is 5.92 Å². The molecule has 0 atom stereocenters. The lowest BCUT2D eigenvalue weighted by molar-refractivity contribution is 0.576. The standard InChI is InChI=1S/C17H16ClN3O3S/c18-13-2-1-3-15(25(19,23)24)16(13)11-6-7-14-12(8-11)17(22)20-21(14)9-10-4-5-10/h1-3,6-8,10H,4-5,9H2,(H,20,22)(H2,19,23,24). The van der Waals surface area contributed by atoms with Gasteiger partial charge < -0.3 is 0 Å². The molecule has 1 saturated carbocycles. The molecule has 0 radical (unpaired) electrons. The summed E-state index contributed by atoms with van der Waals surface area (Å²) >= 11 is 6.23. The van der Waals surface area contributed by atoms with Gasteiger partial charge in [-0.2, -0.15) is 0 Å². The Labute approximate surface area is 149 Å². The van der Waals surface area contributed by atoms with Gasteiger partial charge in [0.15, 0.2) is 0 Å². The summed E-state index contributed by atoms with van der Waals surface area (Å²) in [6, 6.07) is 9.76. The molecule has 0 bridgehead atoms. The third-order valence-electron chi connectivity index (χ3n) is 4.48. The molecular weight excluding hydrogens is 362 g/mol. The molecule has 6 nitrogen and oxygen atoms in total. The van der Waals surface area contributed by atoms with E-state index in [4.69, 9.17) is 16.7 Å². The quantitative estimate of drug-likeness (QED) is 0.731. The topological polar surface area (TPSA) is 98.0 Å². The molecule has 3 N–H and O–H groups in total. The zero-order valence-corrected chi connectivity index (χ0v) is 14.8. The minimum atomic E-state index is -3.95. The number of primary sulfonamides is 1. The van der Waals surface area contributed by atoms with Crippen LogP contribution in [0.2, 0.25) is 5.02 Å². The van der Waals surface area contributed by atoms with Crippen LogP contribution < -0.4 is 10.7 Å². The van der Waals surface area contributed by atoms with Gasteiger partial charge in [0.1, 0.15) is 0 Å². The molecule has 1 aliphatic rings. The Bertz CT molecular complexity index is 1140. The molecule has 0 unspecified atom stereocenters. The van der Waals surface area contributed by atoms with Crippen molar-refractivity contribution in [2.45, 2.75) is 24.3 Å². The number of rotatable bonds is 4. The number of hydrogen-bond donors (Lipinski definition) is 2. The Morgan fingerprint density at radius 3 is 2.68 bits per heavy atom. The van der Waals surface area contributed by atoms with E-state index in [2.05, 4.69) is 5.10 Å². The van der Waals surface area contributed by atoms with Gasteiger partial charge in [0, 0.05) is 17.1 Å². The Morgan fingerprint density at radius 2 is 2.00 bits per heavy atom. The van der Waals surface area contributed by atoms with E-state index in [9.17, 15) is 13.2 Å². The fourth-order valence-corrected chi connectivity index (χ4v) is 4.20. The Morgan fingerprint density at radius 1 is 1.24 bits per heavy atom. The van der Waals surface area contributed by atoms with Gasteiger partial charge in [0.05, 0.1) is 15.8 Å². The van der Waals surface area contributed by atoms with Crippen LogP contribution in [0.1, 0.15) is 12.8 Å². The molecule has 1 heterocycles. The van der Waals surface area contributed by atoms with E-state index in [1.165, 1.54) is 25.0 Å². The number of nitrogens with zero attached hydrogens (tertiary/aromatic N) is 1. The molecule has 3 aromatic rings. The average molecular weight is 378 g/mol. The summed E-state index contributed by atoms with van der Waals surface area (Å²) < 4.78 is 25.6. The molecule has 1 fully saturated rings. The van der Waals surface area contributed by atoms with Crippen molar-refractivity contribution in [3.63, 3.8) is 0 Å². The van der Waals surface area contributed by atoms with E-state index in [0.29, 0.717) is 22.4 Å². The van der Waals surface area contributed by atoms with Crippen LogP contribution in [-0.4, -0.2) is 18.2 Å². The van der Waals surface area contributed by atoms with Gasteiger partial charge in [-0.3, -0.25) is 14.6 Å².